The number of nitrogens with one attached hydrogen (secondary N) is 1. The SMILES string of the molecule is C[C@H](Nc1cc2c(C(=O)O)nccc2s1)c1ccccn1. The molecule has 0 aliphatic rings. The van der Waals surface area contributed by atoms with Gasteiger partial charge >= 0.3 is 5.97 Å². The monoisotopic (exact) mass is 299 g/mol. The highest BCUT2D eigenvalue weighted by atomic mass is 32.1. The summed E-state index contributed by atoms with van der Waals surface area (Å²) in [6, 6.07) is 9.47. The second-order valence-corrected chi connectivity index (χ2v) is 5.69. The first-order chi connectivity index (χ1) is 10.1. The van der Waals surface area contributed by atoms with Gasteiger partial charge in [0.05, 0.1) is 16.7 Å². The molecule has 2 N–H and O–H groups in total. The number of aromatic carboxylic acids is 1. The standard InChI is InChI=1S/C15H13N3O2S/c1-9(11-4-2-3-6-16-11)18-13-8-10-12(21-13)5-7-17-14(10)15(19)20/h2-9,18H,1H3,(H,19,20)/t9-/m0/s1. The molecule has 3 aromatic rings. The van der Waals surface area contributed by atoms with E-state index in [1.807, 2.05) is 37.3 Å². The van der Waals surface area contributed by atoms with Gasteiger partial charge in [-0.05, 0) is 31.2 Å². The van der Waals surface area contributed by atoms with Crippen molar-refractivity contribution in [3.8, 4) is 0 Å². The summed E-state index contributed by atoms with van der Waals surface area (Å²) in [5.74, 6) is -1.01. The Labute approximate surface area is 125 Å². The summed E-state index contributed by atoms with van der Waals surface area (Å²) in [6.45, 7) is 2.02. The number of carboxylic acids is 1. The highest BCUT2D eigenvalue weighted by Gasteiger charge is 2.14. The second-order valence-electron chi connectivity index (χ2n) is 4.61. The molecule has 106 valence electrons. The Morgan fingerprint density at radius 3 is 2.86 bits per heavy atom. The first-order valence-electron chi connectivity index (χ1n) is 6.44. The third-order valence-electron chi connectivity index (χ3n) is 3.14. The number of fused-ring (bicyclic) bond motifs is 1. The molecule has 0 aliphatic heterocycles. The molecule has 1 atom stereocenters. The van der Waals surface area contributed by atoms with E-state index in [0.717, 1.165) is 15.4 Å². The zero-order chi connectivity index (χ0) is 14.8. The molecule has 21 heavy (non-hydrogen) atoms. The fourth-order valence-electron chi connectivity index (χ4n) is 2.12. The number of carbonyl (C=O) groups is 1. The van der Waals surface area contributed by atoms with Gasteiger partial charge in [-0.15, -0.1) is 11.3 Å². The maximum absolute atomic E-state index is 11.2. The molecule has 0 radical (unpaired) electrons. The lowest BCUT2D eigenvalue weighted by Gasteiger charge is -2.12. The van der Waals surface area contributed by atoms with Crippen molar-refractivity contribution in [1.29, 1.82) is 0 Å². The van der Waals surface area contributed by atoms with Crippen LogP contribution in [0.3, 0.4) is 0 Å². The van der Waals surface area contributed by atoms with Crippen LogP contribution in [0.1, 0.15) is 29.1 Å². The van der Waals surface area contributed by atoms with Crippen LogP contribution in [0.25, 0.3) is 10.1 Å². The van der Waals surface area contributed by atoms with Gasteiger partial charge in [-0.3, -0.25) is 4.98 Å². The molecule has 0 fully saturated rings. The Balaban J connectivity index is 1.92. The largest absolute Gasteiger partial charge is 0.476 e. The molecule has 0 spiro atoms. The molecule has 0 aliphatic carbocycles. The number of rotatable bonds is 4. The van der Waals surface area contributed by atoms with Crippen LogP contribution in [-0.2, 0) is 0 Å². The molecule has 0 aromatic carbocycles. The van der Waals surface area contributed by atoms with E-state index in [9.17, 15) is 4.79 Å². The molecular weight excluding hydrogens is 286 g/mol. The van der Waals surface area contributed by atoms with Crippen molar-refractivity contribution in [3.05, 3.63) is 54.1 Å². The summed E-state index contributed by atoms with van der Waals surface area (Å²) in [6.07, 6.45) is 3.28. The maximum atomic E-state index is 11.2. The van der Waals surface area contributed by atoms with Crippen molar-refractivity contribution in [3.63, 3.8) is 0 Å². The molecule has 5 nitrogen and oxygen atoms in total. The third-order valence-corrected chi connectivity index (χ3v) is 4.17. The van der Waals surface area contributed by atoms with Gasteiger partial charge in [-0.2, -0.15) is 0 Å². The molecule has 3 rings (SSSR count). The fourth-order valence-corrected chi connectivity index (χ4v) is 3.17. The zero-order valence-corrected chi connectivity index (χ0v) is 12.1. The summed E-state index contributed by atoms with van der Waals surface area (Å²) in [7, 11) is 0. The van der Waals surface area contributed by atoms with Crippen LogP contribution in [0.5, 0.6) is 0 Å². The highest BCUT2D eigenvalue weighted by Crippen LogP contribution is 2.33. The van der Waals surface area contributed by atoms with E-state index >= 15 is 0 Å². The number of carboxylic acid groups (broad SMARTS) is 1. The smallest absolute Gasteiger partial charge is 0.355 e. The van der Waals surface area contributed by atoms with Crippen molar-refractivity contribution in [2.75, 3.05) is 5.32 Å². The van der Waals surface area contributed by atoms with Gasteiger partial charge in [-0.1, -0.05) is 6.07 Å². The molecular formula is C15H13N3O2S. The molecule has 6 heteroatoms. The van der Waals surface area contributed by atoms with Crippen molar-refractivity contribution in [1.82, 2.24) is 9.97 Å². The minimum Gasteiger partial charge on any atom is -0.476 e. The molecule has 0 bridgehead atoms. The van der Waals surface area contributed by atoms with Crippen LogP contribution >= 0.6 is 11.3 Å². The topological polar surface area (TPSA) is 75.1 Å². The van der Waals surface area contributed by atoms with Crippen LogP contribution in [0.15, 0.2) is 42.7 Å². The van der Waals surface area contributed by atoms with Crippen LogP contribution in [0.2, 0.25) is 0 Å². The molecule has 0 saturated heterocycles. The maximum Gasteiger partial charge on any atom is 0.355 e. The second kappa shape index (κ2) is 5.49. The normalized spacial score (nSPS) is 12.2. The van der Waals surface area contributed by atoms with Crippen LogP contribution in [0.4, 0.5) is 5.00 Å². The molecule has 3 aromatic heterocycles. The van der Waals surface area contributed by atoms with Gasteiger partial charge in [0.2, 0.25) is 0 Å². The van der Waals surface area contributed by atoms with Gasteiger partial charge in [-0.25, -0.2) is 9.78 Å². The summed E-state index contributed by atoms with van der Waals surface area (Å²) >= 11 is 1.51. The van der Waals surface area contributed by atoms with Gasteiger partial charge < -0.3 is 10.4 Å². The Morgan fingerprint density at radius 1 is 1.29 bits per heavy atom. The first-order valence-corrected chi connectivity index (χ1v) is 7.26. The van der Waals surface area contributed by atoms with E-state index in [-0.39, 0.29) is 11.7 Å². The summed E-state index contributed by atoms with van der Waals surface area (Å²) < 4.78 is 0.901. The summed E-state index contributed by atoms with van der Waals surface area (Å²) in [5.41, 5.74) is 1.02. The molecule has 0 amide bonds. The highest BCUT2D eigenvalue weighted by molar-refractivity contribution is 7.22. The number of anilines is 1. The number of hydrogen-bond donors (Lipinski definition) is 2. The Kier molecular flexibility index (Phi) is 3.53. The zero-order valence-electron chi connectivity index (χ0n) is 11.3. The minimum atomic E-state index is -1.01. The predicted octanol–water partition coefficient (Wildman–Crippen LogP) is 3.56. The van der Waals surface area contributed by atoms with E-state index in [1.165, 1.54) is 17.5 Å². The first kappa shape index (κ1) is 13.5. The minimum absolute atomic E-state index is 0.0421. The molecule has 3 heterocycles. The van der Waals surface area contributed by atoms with Crippen LogP contribution < -0.4 is 5.32 Å². The van der Waals surface area contributed by atoms with Gasteiger partial charge in [0.1, 0.15) is 0 Å². The van der Waals surface area contributed by atoms with E-state index < -0.39 is 5.97 Å². The van der Waals surface area contributed by atoms with E-state index in [2.05, 4.69) is 15.3 Å². The number of pyridine rings is 2. The van der Waals surface area contributed by atoms with E-state index in [0.29, 0.717) is 5.39 Å². The average molecular weight is 299 g/mol. The van der Waals surface area contributed by atoms with Crippen molar-refractivity contribution in [2.24, 2.45) is 0 Å². The number of thiophene rings is 1. The number of nitrogens with zero attached hydrogens (tertiary/aromatic N) is 2. The van der Waals surface area contributed by atoms with E-state index in [1.54, 1.807) is 6.20 Å². The third kappa shape index (κ3) is 2.71. The van der Waals surface area contributed by atoms with E-state index in [4.69, 9.17) is 5.11 Å². The summed E-state index contributed by atoms with van der Waals surface area (Å²) in [5, 5.41) is 14.1. The van der Waals surface area contributed by atoms with Gasteiger partial charge in [0.25, 0.3) is 0 Å². The lowest BCUT2D eigenvalue weighted by atomic mass is 10.2. The Hall–Kier alpha value is -2.47. The predicted molar refractivity (Wildman–Crippen MR) is 82.9 cm³/mol. The number of hydrogen-bond acceptors (Lipinski definition) is 5. The Morgan fingerprint density at radius 2 is 2.14 bits per heavy atom. The van der Waals surface area contributed by atoms with Crippen LogP contribution in [0, 0.1) is 0 Å². The van der Waals surface area contributed by atoms with Crippen molar-refractivity contribution < 1.29 is 9.90 Å². The summed E-state index contributed by atoms with van der Waals surface area (Å²) in [4.78, 5) is 19.4. The lowest BCUT2D eigenvalue weighted by molar-refractivity contribution is 0.0693. The van der Waals surface area contributed by atoms with Gasteiger partial charge in [0, 0.05) is 22.5 Å². The van der Waals surface area contributed by atoms with Crippen molar-refractivity contribution >= 4 is 32.4 Å². The van der Waals surface area contributed by atoms with Crippen molar-refractivity contribution in [2.45, 2.75) is 13.0 Å². The lowest BCUT2D eigenvalue weighted by Crippen LogP contribution is -2.06. The van der Waals surface area contributed by atoms with Gasteiger partial charge in [0.15, 0.2) is 5.69 Å². The average Bonchev–Trinajstić information content (AvgIpc) is 2.89. The molecule has 0 saturated carbocycles. The Bertz CT molecular complexity index is 786. The molecule has 0 unspecified atom stereocenters. The van der Waals surface area contributed by atoms with Crippen LogP contribution in [-0.4, -0.2) is 21.0 Å². The fraction of sp³-hybridized carbons (Fsp3) is 0.133. The quantitative estimate of drug-likeness (QED) is 0.770. The number of aromatic nitrogens is 2.